The van der Waals surface area contributed by atoms with Crippen molar-refractivity contribution in [1.29, 1.82) is 0 Å². The Labute approximate surface area is 161 Å². The molecule has 6 nitrogen and oxygen atoms in total. The minimum atomic E-state index is -0.122. The molecule has 0 aliphatic heterocycles. The predicted molar refractivity (Wildman–Crippen MR) is 107 cm³/mol. The Morgan fingerprint density at radius 1 is 0.852 bits per heavy atom. The Hall–Kier alpha value is -2.93. The molecule has 0 bridgehead atoms. The van der Waals surface area contributed by atoms with E-state index < -0.39 is 0 Å². The van der Waals surface area contributed by atoms with Crippen LogP contribution in [0.4, 0.5) is 5.69 Å². The normalized spacial score (nSPS) is 10.6. The quantitative estimate of drug-likeness (QED) is 0.613. The minimum absolute atomic E-state index is 0.122. The first-order valence-corrected chi connectivity index (χ1v) is 9.02. The van der Waals surface area contributed by atoms with Crippen molar-refractivity contribution < 1.29 is 23.7 Å². The maximum Gasteiger partial charge on any atom is 0.203 e. The molecule has 2 aromatic carbocycles. The number of thiophene rings is 1. The summed E-state index contributed by atoms with van der Waals surface area (Å²) in [6.07, 6.45) is 0. The van der Waals surface area contributed by atoms with E-state index in [4.69, 9.17) is 18.9 Å². The lowest BCUT2D eigenvalue weighted by molar-refractivity contribution is 0.104. The smallest absolute Gasteiger partial charge is 0.203 e. The highest BCUT2D eigenvalue weighted by atomic mass is 32.1. The van der Waals surface area contributed by atoms with Crippen LogP contribution in [0.5, 0.6) is 23.0 Å². The van der Waals surface area contributed by atoms with E-state index in [9.17, 15) is 4.79 Å². The van der Waals surface area contributed by atoms with Crippen molar-refractivity contribution in [1.82, 2.24) is 0 Å². The Balaban J connectivity index is 2.10. The second-order valence-electron chi connectivity index (χ2n) is 5.70. The minimum Gasteiger partial charge on any atom is -0.495 e. The molecular weight excluding hydrogens is 366 g/mol. The summed E-state index contributed by atoms with van der Waals surface area (Å²) in [5.74, 6) is 1.94. The van der Waals surface area contributed by atoms with Crippen LogP contribution in [0.15, 0.2) is 30.3 Å². The van der Waals surface area contributed by atoms with Crippen LogP contribution in [0.2, 0.25) is 0 Å². The van der Waals surface area contributed by atoms with Gasteiger partial charge in [0.2, 0.25) is 11.5 Å². The van der Waals surface area contributed by atoms with Gasteiger partial charge in [0.1, 0.15) is 5.75 Å². The molecule has 0 atom stereocenters. The van der Waals surface area contributed by atoms with E-state index in [0.717, 1.165) is 21.5 Å². The van der Waals surface area contributed by atoms with Gasteiger partial charge in [-0.1, -0.05) is 0 Å². The molecule has 0 unspecified atom stereocenters. The zero-order valence-electron chi connectivity index (χ0n) is 15.8. The van der Waals surface area contributed by atoms with Crippen molar-refractivity contribution in [2.24, 2.45) is 0 Å². The average molecular weight is 387 g/mol. The molecule has 0 amide bonds. The zero-order chi connectivity index (χ0) is 19.6. The number of ketones is 1. The van der Waals surface area contributed by atoms with Crippen LogP contribution in [0.25, 0.3) is 10.1 Å². The third-order valence-corrected chi connectivity index (χ3v) is 5.41. The van der Waals surface area contributed by atoms with Crippen LogP contribution in [0.1, 0.15) is 15.2 Å². The summed E-state index contributed by atoms with van der Waals surface area (Å²) in [7, 11) is 8.04. The Kier molecular flexibility index (Phi) is 5.41. The van der Waals surface area contributed by atoms with Gasteiger partial charge in [0, 0.05) is 24.4 Å². The Morgan fingerprint density at radius 2 is 1.48 bits per heavy atom. The van der Waals surface area contributed by atoms with Crippen molar-refractivity contribution in [3.8, 4) is 23.0 Å². The molecule has 0 spiro atoms. The number of methoxy groups -OCH3 is 4. The van der Waals surface area contributed by atoms with Gasteiger partial charge in [-0.2, -0.15) is 0 Å². The summed E-state index contributed by atoms with van der Waals surface area (Å²) < 4.78 is 22.4. The van der Waals surface area contributed by atoms with Crippen molar-refractivity contribution in [2.75, 3.05) is 40.8 Å². The van der Waals surface area contributed by atoms with Crippen LogP contribution in [0.3, 0.4) is 0 Å². The zero-order valence-corrected chi connectivity index (χ0v) is 16.7. The fourth-order valence-corrected chi connectivity index (χ4v) is 3.98. The van der Waals surface area contributed by atoms with Crippen LogP contribution >= 0.6 is 11.3 Å². The standard InChI is InChI=1S/C20H21NO5S/c1-21-13-6-12-9-17(27-20(12)16(10-13)25-4)18(22)11-7-14(23-2)19(26-5)15(8-11)24-3/h6-10,21H,1-5H3. The van der Waals surface area contributed by atoms with Gasteiger partial charge in [-0.25, -0.2) is 0 Å². The molecule has 3 aromatic rings. The first kappa shape index (κ1) is 18.8. The maximum atomic E-state index is 13.1. The second-order valence-corrected chi connectivity index (χ2v) is 6.75. The molecule has 1 aromatic heterocycles. The van der Waals surface area contributed by atoms with Crippen LogP contribution in [-0.4, -0.2) is 41.3 Å². The van der Waals surface area contributed by atoms with E-state index in [-0.39, 0.29) is 5.78 Å². The van der Waals surface area contributed by atoms with E-state index in [0.29, 0.717) is 27.7 Å². The molecule has 7 heteroatoms. The fourth-order valence-electron chi connectivity index (χ4n) is 2.88. The Bertz CT molecular complexity index is 970. The van der Waals surface area contributed by atoms with E-state index in [1.54, 1.807) is 19.2 Å². The number of carbonyl (C=O) groups is 1. The van der Waals surface area contributed by atoms with E-state index >= 15 is 0 Å². The van der Waals surface area contributed by atoms with Crippen molar-refractivity contribution in [3.63, 3.8) is 0 Å². The molecule has 1 heterocycles. The van der Waals surface area contributed by atoms with Crippen molar-refractivity contribution in [2.45, 2.75) is 0 Å². The van der Waals surface area contributed by atoms with Gasteiger partial charge < -0.3 is 24.3 Å². The third kappa shape index (κ3) is 3.38. The third-order valence-electron chi connectivity index (χ3n) is 4.24. The molecule has 0 saturated carbocycles. The first-order valence-electron chi connectivity index (χ1n) is 8.20. The molecule has 0 aliphatic rings. The van der Waals surface area contributed by atoms with Crippen LogP contribution < -0.4 is 24.3 Å². The van der Waals surface area contributed by atoms with E-state index in [1.165, 1.54) is 32.7 Å². The number of hydrogen-bond acceptors (Lipinski definition) is 7. The number of ether oxygens (including phenoxy) is 4. The monoisotopic (exact) mass is 387 g/mol. The highest BCUT2D eigenvalue weighted by Crippen LogP contribution is 2.41. The van der Waals surface area contributed by atoms with Crippen LogP contribution in [0, 0.1) is 0 Å². The maximum absolute atomic E-state index is 13.1. The lowest BCUT2D eigenvalue weighted by Crippen LogP contribution is -2.02. The molecule has 0 saturated heterocycles. The summed E-state index contributed by atoms with van der Waals surface area (Å²) in [6.45, 7) is 0. The topological polar surface area (TPSA) is 66.0 Å². The first-order chi connectivity index (χ1) is 13.1. The summed E-state index contributed by atoms with van der Waals surface area (Å²) in [6, 6.07) is 9.08. The molecule has 1 N–H and O–H groups in total. The molecular formula is C20H21NO5S. The van der Waals surface area contributed by atoms with Gasteiger partial charge in [0.15, 0.2) is 11.5 Å². The summed E-state index contributed by atoms with van der Waals surface area (Å²) in [5, 5.41) is 4.04. The molecule has 0 aliphatic carbocycles. The molecule has 3 rings (SSSR count). The highest BCUT2D eigenvalue weighted by Gasteiger charge is 2.20. The summed E-state index contributed by atoms with van der Waals surface area (Å²) >= 11 is 1.39. The number of carbonyl (C=O) groups excluding carboxylic acids is 1. The molecule has 142 valence electrons. The van der Waals surface area contributed by atoms with Crippen LogP contribution in [-0.2, 0) is 0 Å². The Morgan fingerprint density at radius 3 is 2.00 bits per heavy atom. The van der Waals surface area contributed by atoms with Gasteiger partial charge in [-0.3, -0.25) is 4.79 Å². The van der Waals surface area contributed by atoms with Gasteiger partial charge in [0.25, 0.3) is 0 Å². The number of anilines is 1. The largest absolute Gasteiger partial charge is 0.495 e. The molecule has 0 radical (unpaired) electrons. The fraction of sp³-hybridized carbons (Fsp3) is 0.250. The molecule has 27 heavy (non-hydrogen) atoms. The van der Waals surface area contributed by atoms with E-state index in [1.807, 2.05) is 25.2 Å². The number of benzene rings is 2. The summed E-state index contributed by atoms with van der Waals surface area (Å²) in [4.78, 5) is 13.7. The number of hydrogen-bond donors (Lipinski definition) is 1. The lowest BCUT2D eigenvalue weighted by Gasteiger charge is -2.13. The predicted octanol–water partition coefficient (Wildman–Crippen LogP) is 4.21. The van der Waals surface area contributed by atoms with Crippen molar-refractivity contribution in [3.05, 3.63) is 40.8 Å². The van der Waals surface area contributed by atoms with E-state index in [2.05, 4.69) is 5.32 Å². The highest BCUT2D eigenvalue weighted by molar-refractivity contribution is 7.21. The number of fused-ring (bicyclic) bond motifs is 1. The van der Waals surface area contributed by atoms with Gasteiger partial charge in [0.05, 0.1) is 38.0 Å². The van der Waals surface area contributed by atoms with Gasteiger partial charge >= 0.3 is 0 Å². The van der Waals surface area contributed by atoms with Crippen molar-refractivity contribution >= 4 is 32.9 Å². The van der Waals surface area contributed by atoms with Gasteiger partial charge in [-0.05, 0) is 29.7 Å². The number of nitrogens with one attached hydrogen (secondary N) is 1. The molecule has 0 fully saturated rings. The summed E-state index contributed by atoms with van der Waals surface area (Å²) in [5.41, 5.74) is 1.38. The average Bonchev–Trinajstić information content (AvgIpc) is 3.15. The SMILES string of the molecule is CNc1cc(OC)c2sc(C(=O)c3cc(OC)c(OC)c(OC)c3)cc2c1. The second kappa shape index (κ2) is 7.75. The lowest BCUT2D eigenvalue weighted by atomic mass is 10.1. The van der Waals surface area contributed by atoms with Gasteiger partial charge in [-0.15, -0.1) is 11.3 Å². The number of rotatable bonds is 7.